The van der Waals surface area contributed by atoms with E-state index in [1.54, 1.807) is 23.0 Å². The Kier molecular flexibility index (Phi) is 5.22. The zero-order chi connectivity index (χ0) is 18.7. The minimum Gasteiger partial charge on any atom is -0.495 e. The van der Waals surface area contributed by atoms with Crippen LogP contribution >= 0.6 is 0 Å². The second-order valence-electron chi connectivity index (χ2n) is 5.85. The van der Waals surface area contributed by atoms with Crippen LogP contribution in [0.5, 0.6) is 5.75 Å². The van der Waals surface area contributed by atoms with E-state index in [0.717, 1.165) is 6.42 Å². The number of fused-ring (bicyclic) bond motifs is 1. The summed E-state index contributed by atoms with van der Waals surface area (Å²) < 4.78 is 14.9. The van der Waals surface area contributed by atoms with Gasteiger partial charge in [-0.3, -0.25) is 9.36 Å². The molecule has 0 aliphatic carbocycles. The first-order chi connectivity index (χ1) is 12.6. The zero-order valence-corrected chi connectivity index (χ0v) is 15.1. The van der Waals surface area contributed by atoms with Gasteiger partial charge < -0.3 is 14.0 Å². The van der Waals surface area contributed by atoms with Gasteiger partial charge in [-0.1, -0.05) is 19.1 Å². The summed E-state index contributed by atoms with van der Waals surface area (Å²) in [4.78, 5) is 30.4. The molecule has 0 aliphatic rings. The molecule has 0 unspecified atom stereocenters. The van der Waals surface area contributed by atoms with Crippen molar-refractivity contribution < 1.29 is 9.47 Å². The summed E-state index contributed by atoms with van der Waals surface area (Å²) in [7, 11) is 3.07. The third kappa shape index (κ3) is 2.92. The fraction of sp³-hybridized carbons (Fsp3) is 0.389. The molecule has 0 bridgehead atoms. The Hall–Kier alpha value is -2.87. The lowest BCUT2D eigenvalue weighted by molar-refractivity contribution is 0.184. The van der Waals surface area contributed by atoms with Crippen LogP contribution in [0.1, 0.15) is 13.3 Å². The average molecular weight is 358 g/mol. The summed E-state index contributed by atoms with van der Waals surface area (Å²) in [5.41, 5.74) is 0.433. The Labute approximate surface area is 150 Å². The fourth-order valence-corrected chi connectivity index (χ4v) is 3.00. The van der Waals surface area contributed by atoms with E-state index >= 15 is 0 Å². The van der Waals surface area contributed by atoms with Gasteiger partial charge in [-0.15, -0.1) is 0 Å². The van der Waals surface area contributed by atoms with Crippen molar-refractivity contribution >= 4 is 11.2 Å². The molecule has 1 aromatic carbocycles. The van der Waals surface area contributed by atoms with Crippen molar-refractivity contribution in [1.29, 1.82) is 0 Å². The normalized spacial score (nSPS) is 11.2. The molecular weight excluding hydrogens is 336 g/mol. The summed E-state index contributed by atoms with van der Waals surface area (Å²) >= 11 is 0. The van der Waals surface area contributed by atoms with Gasteiger partial charge in [0.1, 0.15) is 5.75 Å². The molecule has 138 valence electrons. The van der Waals surface area contributed by atoms with Gasteiger partial charge in [0.2, 0.25) is 0 Å². The van der Waals surface area contributed by atoms with Crippen molar-refractivity contribution in [2.24, 2.45) is 0 Å². The van der Waals surface area contributed by atoms with Gasteiger partial charge in [0.05, 0.1) is 32.3 Å². The minimum absolute atomic E-state index is 0.163. The maximum atomic E-state index is 13.1. The molecule has 0 saturated carbocycles. The van der Waals surface area contributed by atoms with Gasteiger partial charge in [-0.2, -0.15) is 0 Å². The number of aryl methyl sites for hydroxylation is 1. The van der Waals surface area contributed by atoms with E-state index in [9.17, 15) is 9.59 Å². The molecule has 2 heterocycles. The van der Waals surface area contributed by atoms with Crippen molar-refractivity contribution in [1.82, 2.24) is 18.7 Å². The molecule has 26 heavy (non-hydrogen) atoms. The molecule has 0 spiro atoms. The van der Waals surface area contributed by atoms with E-state index in [1.807, 2.05) is 19.1 Å². The SMILES string of the molecule is CCCn1cnc2c1c(=O)n(CCOC)c(=O)n2-c1ccccc1OC. The molecular formula is C18H22N4O4. The lowest BCUT2D eigenvalue weighted by Gasteiger charge is -2.14. The van der Waals surface area contributed by atoms with Gasteiger partial charge >= 0.3 is 5.69 Å². The highest BCUT2D eigenvalue weighted by Crippen LogP contribution is 2.23. The third-order valence-corrected chi connectivity index (χ3v) is 4.21. The molecule has 3 aromatic rings. The van der Waals surface area contributed by atoms with Crippen LogP contribution in [0.25, 0.3) is 16.9 Å². The number of ether oxygens (including phenoxy) is 2. The number of nitrogens with zero attached hydrogens (tertiary/aromatic N) is 4. The topological polar surface area (TPSA) is 80.3 Å². The van der Waals surface area contributed by atoms with Gasteiger partial charge in [0.25, 0.3) is 5.56 Å². The molecule has 0 saturated heterocycles. The standard InChI is InChI=1S/C18H22N4O4/c1-4-9-20-12-19-16-15(20)17(23)21(10-11-25-2)18(24)22(16)13-7-5-6-8-14(13)26-3/h5-8,12H,4,9-11H2,1-3H3. The molecule has 0 aliphatic heterocycles. The van der Waals surface area contributed by atoms with Crippen molar-refractivity contribution in [3.05, 3.63) is 51.4 Å². The summed E-state index contributed by atoms with van der Waals surface area (Å²) in [6, 6.07) is 7.16. The van der Waals surface area contributed by atoms with E-state index in [4.69, 9.17) is 9.47 Å². The van der Waals surface area contributed by atoms with Crippen LogP contribution in [0.4, 0.5) is 0 Å². The molecule has 0 fully saturated rings. The van der Waals surface area contributed by atoms with Crippen molar-refractivity contribution in [3.63, 3.8) is 0 Å². The highest BCUT2D eigenvalue weighted by atomic mass is 16.5. The number of benzene rings is 1. The molecule has 0 atom stereocenters. The van der Waals surface area contributed by atoms with Crippen molar-refractivity contribution in [3.8, 4) is 11.4 Å². The smallest absolute Gasteiger partial charge is 0.337 e. The van der Waals surface area contributed by atoms with Crippen LogP contribution in [-0.2, 0) is 17.8 Å². The average Bonchev–Trinajstić information content (AvgIpc) is 3.06. The lowest BCUT2D eigenvalue weighted by atomic mass is 10.3. The summed E-state index contributed by atoms with van der Waals surface area (Å²) in [6.45, 7) is 3.08. The van der Waals surface area contributed by atoms with Crippen LogP contribution in [0.15, 0.2) is 40.2 Å². The Balaban J connectivity index is 2.41. The Morgan fingerprint density at radius 3 is 2.58 bits per heavy atom. The van der Waals surface area contributed by atoms with Gasteiger partial charge in [-0.25, -0.2) is 14.3 Å². The molecule has 0 radical (unpaired) electrons. The zero-order valence-electron chi connectivity index (χ0n) is 15.1. The number of rotatable bonds is 7. The highest BCUT2D eigenvalue weighted by Gasteiger charge is 2.20. The Morgan fingerprint density at radius 1 is 1.12 bits per heavy atom. The number of aromatic nitrogens is 4. The second-order valence-corrected chi connectivity index (χ2v) is 5.85. The first kappa shape index (κ1) is 17.9. The van der Waals surface area contributed by atoms with Crippen LogP contribution in [-0.4, -0.2) is 39.5 Å². The lowest BCUT2D eigenvalue weighted by Crippen LogP contribution is -2.41. The summed E-state index contributed by atoms with van der Waals surface area (Å²) in [5, 5.41) is 0. The van der Waals surface area contributed by atoms with Crippen LogP contribution < -0.4 is 16.0 Å². The maximum absolute atomic E-state index is 13.1. The molecule has 8 heteroatoms. The number of methoxy groups -OCH3 is 2. The second kappa shape index (κ2) is 7.57. The number of imidazole rings is 1. The minimum atomic E-state index is -0.467. The van der Waals surface area contributed by atoms with E-state index in [2.05, 4.69) is 4.98 Å². The molecule has 3 rings (SSSR count). The molecule has 0 amide bonds. The van der Waals surface area contributed by atoms with Crippen molar-refractivity contribution in [2.75, 3.05) is 20.8 Å². The summed E-state index contributed by atoms with van der Waals surface area (Å²) in [6.07, 6.45) is 2.44. The van der Waals surface area contributed by atoms with Crippen LogP contribution in [0.2, 0.25) is 0 Å². The monoisotopic (exact) mass is 358 g/mol. The van der Waals surface area contributed by atoms with E-state index in [-0.39, 0.29) is 18.7 Å². The third-order valence-electron chi connectivity index (χ3n) is 4.21. The van der Waals surface area contributed by atoms with Crippen LogP contribution in [0.3, 0.4) is 0 Å². The van der Waals surface area contributed by atoms with Gasteiger partial charge in [0, 0.05) is 13.7 Å². The van der Waals surface area contributed by atoms with E-state index in [0.29, 0.717) is 29.1 Å². The first-order valence-electron chi connectivity index (χ1n) is 8.47. The fourth-order valence-electron chi connectivity index (χ4n) is 3.00. The van der Waals surface area contributed by atoms with E-state index < -0.39 is 5.69 Å². The Morgan fingerprint density at radius 2 is 1.88 bits per heavy atom. The van der Waals surface area contributed by atoms with E-state index in [1.165, 1.54) is 23.4 Å². The number of hydrogen-bond acceptors (Lipinski definition) is 5. The van der Waals surface area contributed by atoms with Crippen molar-refractivity contribution in [2.45, 2.75) is 26.4 Å². The van der Waals surface area contributed by atoms with Gasteiger partial charge in [0.15, 0.2) is 11.2 Å². The Bertz CT molecular complexity index is 1030. The maximum Gasteiger partial charge on any atom is 0.337 e. The largest absolute Gasteiger partial charge is 0.495 e. The predicted molar refractivity (Wildman–Crippen MR) is 98.3 cm³/mol. The molecule has 0 N–H and O–H groups in total. The highest BCUT2D eigenvalue weighted by molar-refractivity contribution is 5.73. The van der Waals surface area contributed by atoms with Gasteiger partial charge in [-0.05, 0) is 18.6 Å². The molecule has 2 aromatic heterocycles. The summed E-state index contributed by atoms with van der Waals surface area (Å²) in [5.74, 6) is 0.526. The molecule has 8 nitrogen and oxygen atoms in total. The quantitative estimate of drug-likeness (QED) is 0.638. The number of hydrogen-bond donors (Lipinski definition) is 0. The predicted octanol–water partition coefficient (Wildman–Crippen LogP) is 1.41. The van der Waals surface area contributed by atoms with Crippen LogP contribution in [0, 0.1) is 0 Å². The number of para-hydroxylation sites is 2. The first-order valence-corrected chi connectivity index (χ1v) is 8.47.